The van der Waals surface area contributed by atoms with Gasteiger partial charge in [0.05, 0.1) is 21.7 Å². The van der Waals surface area contributed by atoms with E-state index in [1.807, 2.05) is 0 Å². The first-order chi connectivity index (χ1) is 21.4. The zero-order valence-electron chi connectivity index (χ0n) is 20.8. The van der Waals surface area contributed by atoms with Gasteiger partial charge in [-0.15, -0.1) is 0 Å². The summed E-state index contributed by atoms with van der Waals surface area (Å²) < 4.78 is 266. The van der Waals surface area contributed by atoms with Gasteiger partial charge in [0.2, 0.25) is 5.82 Å². The van der Waals surface area contributed by atoms with E-state index in [4.69, 9.17) is 0 Å². The highest BCUT2D eigenvalue weighted by Gasteiger charge is 2.40. The van der Waals surface area contributed by atoms with Crippen molar-refractivity contribution in [3.63, 3.8) is 0 Å². The summed E-state index contributed by atoms with van der Waals surface area (Å²) in [4.78, 5) is 0. The first-order valence-corrected chi connectivity index (χ1v) is 11.7. The lowest BCUT2D eigenvalue weighted by Gasteiger charge is -2.22. The van der Waals surface area contributed by atoms with Crippen molar-refractivity contribution >= 4 is 32.3 Å². The fraction of sp³-hybridized carbons (Fsp3) is 0. The topological polar surface area (TPSA) is 0 Å². The van der Waals surface area contributed by atoms with Crippen LogP contribution in [0.5, 0.6) is 0 Å². The highest BCUT2D eigenvalue weighted by Crippen LogP contribution is 2.51. The maximum Gasteiger partial charge on any atom is 0.200 e. The van der Waals surface area contributed by atoms with Crippen LogP contribution in [0.2, 0.25) is 0 Å². The fourth-order valence-corrected chi connectivity index (χ4v) is 5.29. The van der Waals surface area contributed by atoms with Gasteiger partial charge in [0.15, 0.2) is 98.9 Å². The third-order valence-electron chi connectivity index (χ3n) is 7.20. The van der Waals surface area contributed by atoms with Crippen molar-refractivity contribution in [2.24, 2.45) is 0 Å². The predicted octanol–water partition coefficient (Wildman–Crippen LogP) is 10.4. The Kier molecular flexibility index (Phi) is 6.62. The van der Waals surface area contributed by atoms with Crippen molar-refractivity contribution < 1.29 is 79.0 Å². The molecule has 0 atom stereocenters. The van der Waals surface area contributed by atoms with E-state index in [0.717, 1.165) is 0 Å². The van der Waals surface area contributed by atoms with Gasteiger partial charge < -0.3 is 0 Å². The van der Waals surface area contributed by atoms with Crippen LogP contribution in [-0.4, -0.2) is 0 Å². The molecular formula is C28F18. The predicted molar refractivity (Wildman–Crippen MR) is 120 cm³/mol. The highest BCUT2D eigenvalue weighted by molar-refractivity contribution is 6.27. The first kappa shape index (κ1) is 31.1. The molecule has 0 N–H and O–H groups in total. The van der Waals surface area contributed by atoms with E-state index in [2.05, 4.69) is 0 Å². The zero-order valence-corrected chi connectivity index (χ0v) is 20.8. The van der Waals surface area contributed by atoms with E-state index in [0.29, 0.717) is 0 Å². The molecule has 0 aromatic heterocycles. The second-order valence-corrected chi connectivity index (χ2v) is 9.40. The smallest absolute Gasteiger partial charge is 0.200 e. The zero-order chi connectivity index (χ0) is 34.2. The van der Waals surface area contributed by atoms with E-state index in [1.165, 1.54) is 0 Å². The summed E-state index contributed by atoms with van der Waals surface area (Å²) in [5, 5.41) is -12.4. The maximum absolute atomic E-state index is 15.7. The van der Waals surface area contributed by atoms with Gasteiger partial charge in [0.1, 0.15) is 0 Å². The minimum Gasteiger partial charge on any atom is -0.203 e. The van der Waals surface area contributed by atoms with Crippen LogP contribution in [0.1, 0.15) is 0 Å². The van der Waals surface area contributed by atoms with Gasteiger partial charge in [-0.05, 0) is 0 Å². The lowest BCUT2D eigenvalue weighted by atomic mass is 9.84. The Morgan fingerprint density at radius 2 is 0.326 bits per heavy atom. The quantitative estimate of drug-likeness (QED) is 0.0741. The van der Waals surface area contributed by atoms with Gasteiger partial charge in [0, 0.05) is 32.8 Å². The van der Waals surface area contributed by atoms with Crippen LogP contribution in [-0.2, 0) is 0 Å². The van der Waals surface area contributed by atoms with Crippen molar-refractivity contribution in [3.8, 4) is 22.3 Å². The Morgan fingerprint density at radius 3 is 0.717 bits per heavy atom. The molecule has 0 nitrogen and oxygen atoms in total. The second-order valence-electron chi connectivity index (χ2n) is 9.40. The second kappa shape index (κ2) is 9.80. The van der Waals surface area contributed by atoms with Gasteiger partial charge >= 0.3 is 0 Å². The van der Waals surface area contributed by atoms with Gasteiger partial charge in [-0.2, -0.15) is 0 Å². The van der Waals surface area contributed by atoms with E-state index >= 15 is 30.7 Å². The van der Waals surface area contributed by atoms with Gasteiger partial charge in [-0.25, -0.2) is 79.0 Å². The number of benzene rings is 6. The molecule has 0 aliphatic carbocycles. The minimum atomic E-state index is -3.11. The third kappa shape index (κ3) is 3.51. The van der Waals surface area contributed by atoms with Crippen molar-refractivity contribution in [2.45, 2.75) is 0 Å². The summed E-state index contributed by atoms with van der Waals surface area (Å²) in [6.07, 6.45) is 0. The molecule has 238 valence electrons. The van der Waals surface area contributed by atoms with Crippen LogP contribution in [0, 0.1) is 105 Å². The van der Waals surface area contributed by atoms with Gasteiger partial charge in [-0.3, -0.25) is 0 Å². The summed E-state index contributed by atoms with van der Waals surface area (Å²) in [7, 11) is 0. The molecule has 0 aliphatic rings. The summed E-state index contributed by atoms with van der Waals surface area (Å²) >= 11 is 0. The largest absolute Gasteiger partial charge is 0.203 e. The molecule has 0 saturated heterocycles. The van der Waals surface area contributed by atoms with Crippen molar-refractivity contribution in [2.75, 3.05) is 0 Å². The van der Waals surface area contributed by atoms with Gasteiger partial charge in [0.25, 0.3) is 0 Å². The Balaban J connectivity index is 2.02. The van der Waals surface area contributed by atoms with Gasteiger partial charge in [-0.1, -0.05) is 0 Å². The Labute approximate surface area is 239 Å². The fourth-order valence-electron chi connectivity index (χ4n) is 5.29. The van der Waals surface area contributed by atoms with E-state index in [-0.39, 0.29) is 0 Å². The van der Waals surface area contributed by atoms with Crippen molar-refractivity contribution in [1.29, 1.82) is 0 Å². The van der Waals surface area contributed by atoms with Crippen molar-refractivity contribution in [1.82, 2.24) is 0 Å². The van der Waals surface area contributed by atoms with E-state index in [9.17, 15) is 48.3 Å². The highest BCUT2D eigenvalue weighted by atomic mass is 19.2. The van der Waals surface area contributed by atoms with Crippen LogP contribution >= 0.6 is 0 Å². The van der Waals surface area contributed by atoms with E-state index in [1.54, 1.807) is 0 Å². The molecule has 0 unspecified atom stereocenters. The average Bonchev–Trinajstić information content (AvgIpc) is 3.02. The molecule has 0 fully saturated rings. The standard InChI is InChI=1S/C28F18/c29-11-3-1-2-8(16(11)34)19(37)23(41)20(38)9(2)18(36)17(35)7(1)15(33)12(30)4(3)5-6(14(32)25(43)24(42)13(5)31)10-21(39)26(44)28(46)27(45)22(10)40. The molecule has 0 heterocycles. The summed E-state index contributed by atoms with van der Waals surface area (Å²) in [6.45, 7) is 0. The van der Waals surface area contributed by atoms with Crippen LogP contribution in [0.4, 0.5) is 79.0 Å². The molecule has 0 spiro atoms. The van der Waals surface area contributed by atoms with Crippen LogP contribution in [0.15, 0.2) is 0 Å². The molecule has 0 aliphatic heterocycles. The summed E-state index contributed by atoms with van der Waals surface area (Å²) in [5.74, 6) is -52.7. The van der Waals surface area contributed by atoms with E-state index < -0.39 is 159 Å². The van der Waals surface area contributed by atoms with Crippen LogP contribution in [0.3, 0.4) is 0 Å². The number of hydrogen-bond acceptors (Lipinski definition) is 0. The lowest BCUT2D eigenvalue weighted by molar-refractivity contribution is 0.379. The SMILES string of the molecule is Fc1c(F)c(F)c(-c2c(F)c(F)c(F)c(F)c2-c2c(F)c(F)c3c(F)c(F)c4c(F)c(F)c(F)c5c(F)c(F)c2c3c45)c(F)c1F. The first-order valence-electron chi connectivity index (χ1n) is 11.7. The normalized spacial score (nSPS) is 12.1. The van der Waals surface area contributed by atoms with Crippen molar-refractivity contribution in [3.05, 3.63) is 105 Å². The Hall–Kier alpha value is -4.90. The molecule has 6 rings (SSSR count). The summed E-state index contributed by atoms with van der Waals surface area (Å²) in [6, 6.07) is 0. The Bertz CT molecular complexity index is 2340. The number of halogens is 18. The molecule has 18 heteroatoms. The molecule has 0 radical (unpaired) electrons. The number of rotatable bonds is 2. The van der Waals surface area contributed by atoms with Crippen LogP contribution in [0.25, 0.3) is 54.6 Å². The monoisotopic (exact) mass is 678 g/mol. The molecule has 0 bridgehead atoms. The molecule has 46 heavy (non-hydrogen) atoms. The third-order valence-corrected chi connectivity index (χ3v) is 7.20. The Morgan fingerprint density at radius 1 is 0.130 bits per heavy atom. The average molecular weight is 678 g/mol. The molecule has 0 saturated carbocycles. The lowest BCUT2D eigenvalue weighted by Crippen LogP contribution is -2.12. The molecule has 6 aromatic rings. The minimum absolute atomic E-state index is 1.85. The summed E-state index contributed by atoms with van der Waals surface area (Å²) in [5.41, 5.74) is -10.6. The molecule has 0 amide bonds. The molecule has 6 aromatic carbocycles. The van der Waals surface area contributed by atoms with Crippen LogP contribution < -0.4 is 0 Å². The maximum atomic E-state index is 15.7. The molecular weight excluding hydrogens is 678 g/mol. The number of hydrogen-bond donors (Lipinski definition) is 0.